The van der Waals surface area contributed by atoms with Crippen molar-refractivity contribution >= 4 is 10.0 Å². The predicted molar refractivity (Wildman–Crippen MR) is 63.2 cm³/mol. The van der Waals surface area contributed by atoms with Crippen LogP contribution in [0.25, 0.3) is 0 Å². The van der Waals surface area contributed by atoms with Crippen LogP contribution in [0.5, 0.6) is 0 Å². The van der Waals surface area contributed by atoms with Crippen LogP contribution in [0.15, 0.2) is 30.3 Å². The number of rotatable bonds is 3. The van der Waals surface area contributed by atoms with Crippen LogP contribution in [-0.2, 0) is 16.6 Å². The Bertz CT molecular complexity index is 444. The molecule has 1 heterocycles. The lowest BCUT2D eigenvalue weighted by molar-refractivity contribution is 0.440. The average Bonchev–Trinajstić information content (AvgIpc) is 2.56. The van der Waals surface area contributed by atoms with Crippen LogP contribution in [0.2, 0.25) is 0 Å². The summed E-state index contributed by atoms with van der Waals surface area (Å²) < 4.78 is 25.5. The van der Waals surface area contributed by atoms with Gasteiger partial charge in [-0.25, -0.2) is 8.42 Å². The third kappa shape index (κ3) is 2.11. The van der Waals surface area contributed by atoms with Gasteiger partial charge in [0.25, 0.3) is 0 Å². The van der Waals surface area contributed by atoms with Gasteiger partial charge in [-0.2, -0.15) is 4.31 Å². The van der Waals surface area contributed by atoms with E-state index in [1.54, 1.807) is 0 Å². The van der Waals surface area contributed by atoms with Crippen molar-refractivity contribution in [3.8, 4) is 0 Å². The van der Waals surface area contributed by atoms with E-state index in [9.17, 15) is 8.42 Å². The molecule has 1 atom stereocenters. The second kappa shape index (κ2) is 4.53. The van der Waals surface area contributed by atoms with Gasteiger partial charge in [-0.05, 0) is 12.0 Å². The van der Waals surface area contributed by atoms with Crippen LogP contribution in [0.1, 0.15) is 12.0 Å². The first kappa shape index (κ1) is 11.6. The Labute approximate surface area is 96.1 Å². The lowest BCUT2D eigenvalue weighted by atomic mass is 10.2. The molecule has 0 bridgehead atoms. The van der Waals surface area contributed by atoms with Crippen LogP contribution in [0.3, 0.4) is 0 Å². The molecule has 0 aromatic heterocycles. The highest BCUT2D eigenvalue weighted by atomic mass is 32.2. The summed E-state index contributed by atoms with van der Waals surface area (Å²) in [5.41, 5.74) is 6.48. The summed E-state index contributed by atoms with van der Waals surface area (Å²) in [6.07, 6.45) is 0.645. The molecule has 4 nitrogen and oxygen atoms in total. The van der Waals surface area contributed by atoms with Gasteiger partial charge in [0.15, 0.2) is 0 Å². The lowest BCUT2D eigenvalue weighted by Crippen LogP contribution is -2.32. The first-order valence-electron chi connectivity index (χ1n) is 5.37. The molecule has 2 N–H and O–H groups in total. The van der Waals surface area contributed by atoms with Crippen molar-refractivity contribution in [1.82, 2.24) is 4.31 Å². The molecule has 0 spiro atoms. The van der Waals surface area contributed by atoms with E-state index in [0.717, 1.165) is 5.56 Å². The zero-order chi connectivity index (χ0) is 11.6. The molecule has 1 aliphatic rings. The maximum Gasteiger partial charge on any atom is 0.218 e. The predicted octanol–water partition coefficient (Wildman–Crippen LogP) is 0.549. The Balaban J connectivity index is 2.13. The largest absolute Gasteiger partial charge is 0.329 e. The Morgan fingerprint density at radius 2 is 2.00 bits per heavy atom. The maximum absolute atomic E-state index is 12.0. The third-order valence-corrected chi connectivity index (χ3v) is 5.25. The van der Waals surface area contributed by atoms with Crippen molar-refractivity contribution in [3.05, 3.63) is 35.9 Å². The van der Waals surface area contributed by atoms with Crippen LogP contribution in [0, 0.1) is 0 Å². The molecule has 1 aliphatic heterocycles. The van der Waals surface area contributed by atoms with Gasteiger partial charge in [0.1, 0.15) is 0 Å². The van der Waals surface area contributed by atoms with E-state index in [0.29, 0.717) is 19.5 Å². The zero-order valence-electron chi connectivity index (χ0n) is 9.04. The molecule has 0 saturated carbocycles. The second-order valence-corrected chi connectivity index (χ2v) is 6.22. The average molecular weight is 240 g/mol. The fourth-order valence-electron chi connectivity index (χ4n) is 1.97. The minimum absolute atomic E-state index is 0.216. The van der Waals surface area contributed by atoms with Crippen molar-refractivity contribution < 1.29 is 8.42 Å². The van der Waals surface area contributed by atoms with E-state index in [1.165, 1.54) is 4.31 Å². The fraction of sp³-hybridized carbons (Fsp3) is 0.455. The van der Waals surface area contributed by atoms with Crippen molar-refractivity contribution in [1.29, 1.82) is 0 Å². The first-order chi connectivity index (χ1) is 7.64. The molecule has 0 unspecified atom stereocenters. The van der Waals surface area contributed by atoms with Gasteiger partial charge in [-0.3, -0.25) is 0 Å². The minimum atomic E-state index is -3.17. The highest BCUT2D eigenvalue weighted by Crippen LogP contribution is 2.23. The second-order valence-electron chi connectivity index (χ2n) is 4.01. The van der Waals surface area contributed by atoms with Crippen molar-refractivity contribution in [3.63, 3.8) is 0 Å². The van der Waals surface area contributed by atoms with Gasteiger partial charge in [0, 0.05) is 19.6 Å². The van der Waals surface area contributed by atoms with Gasteiger partial charge < -0.3 is 5.73 Å². The smallest absolute Gasteiger partial charge is 0.218 e. The maximum atomic E-state index is 12.0. The Hall–Kier alpha value is -0.910. The monoisotopic (exact) mass is 240 g/mol. The molecular formula is C11H16N2O2S. The summed E-state index contributed by atoms with van der Waals surface area (Å²) in [5, 5.41) is -0.392. The van der Waals surface area contributed by atoms with E-state index < -0.39 is 15.3 Å². The summed E-state index contributed by atoms with van der Waals surface area (Å²) in [5.74, 6) is 0. The van der Waals surface area contributed by atoms with Gasteiger partial charge in [-0.15, -0.1) is 0 Å². The van der Waals surface area contributed by atoms with Crippen molar-refractivity contribution in [2.24, 2.45) is 5.73 Å². The lowest BCUT2D eigenvalue weighted by Gasteiger charge is -2.16. The fourth-order valence-corrected chi connectivity index (χ4v) is 3.73. The van der Waals surface area contributed by atoms with E-state index in [2.05, 4.69) is 0 Å². The highest BCUT2D eigenvalue weighted by Gasteiger charge is 2.37. The quantitative estimate of drug-likeness (QED) is 0.839. The van der Waals surface area contributed by atoms with E-state index in [4.69, 9.17) is 5.73 Å². The standard InChI is InChI=1S/C11H16N2O2S/c12-8-11-6-7-13(16(11,14)15)9-10-4-2-1-3-5-10/h1-5,11H,6-9,12H2/t11-/m1/s1. The van der Waals surface area contributed by atoms with Crippen molar-refractivity contribution in [2.75, 3.05) is 13.1 Å². The van der Waals surface area contributed by atoms with Gasteiger partial charge in [0.2, 0.25) is 10.0 Å². The number of nitrogens with zero attached hydrogens (tertiary/aromatic N) is 1. The molecule has 0 aliphatic carbocycles. The topological polar surface area (TPSA) is 63.4 Å². The molecule has 1 saturated heterocycles. The van der Waals surface area contributed by atoms with Crippen LogP contribution >= 0.6 is 0 Å². The summed E-state index contributed by atoms with van der Waals surface area (Å²) >= 11 is 0. The van der Waals surface area contributed by atoms with E-state index >= 15 is 0 Å². The molecule has 2 rings (SSSR count). The SMILES string of the molecule is NC[C@H]1CCN(Cc2ccccc2)S1(=O)=O. The van der Waals surface area contributed by atoms with Crippen LogP contribution in [0.4, 0.5) is 0 Å². The molecule has 5 heteroatoms. The molecule has 16 heavy (non-hydrogen) atoms. The Morgan fingerprint density at radius 3 is 2.56 bits per heavy atom. The van der Waals surface area contributed by atoms with Crippen LogP contribution in [-0.4, -0.2) is 31.1 Å². The minimum Gasteiger partial charge on any atom is -0.329 e. The molecule has 1 aromatic rings. The zero-order valence-corrected chi connectivity index (χ0v) is 9.86. The Morgan fingerprint density at radius 1 is 1.31 bits per heavy atom. The summed E-state index contributed by atoms with van der Waals surface area (Å²) in [7, 11) is -3.17. The molecule has 0 radical (unpaired) electrons. The molecule has 1 fully saturated rings. The number of hydrogen-bond acceptors (Lipinski definition) is 3. The Kier molecular flexibility index (Phi) is 3.28. The summed E-state index contributed by atoms with van der Waals surface area (Å²) in [4.78, 5) is 0. The molecule has 0 amide bonds. The number of nitrogens with two attached hydrogens (primary N) is 1. The van der Waals surface area contributed by atoms with Gasteiger partial charge >= 0.3 is 0 Å². The van der Waals surface area contributed by atoms with Crippen molar-refractivity contribution in [2.45, 2.75) is 18.2 Å². The highest BCUT2D eigenvalue weighted by molar-refractivity contribution is 7.90. The molecule has 88 valence electrons. The normalized spacial score (nSPS) is 24.7. The van der Waals surface area contributed by atoms with E-state index in [1.807, 2.05) is 30.3 Å². The summed E-state index contributed by atoms with van der Waals surface area (Å²) in [6.45, 7) is 1.26. The number of sulfonamides is 1. The molecule has 1 aromatic carbocycles. The first-order valence-corrected chi connectivity index (χ1v) is 6.88. The number of benzene rings is 1. The van der Waals surface area contributed by atoms with Crippen LogP contribution < -0.4 is 5.73 Å². The van der Waals surface area contributed by atoms with Gasteiger partial charge in [-0.1, -0.05) is 30.3 Å². The van der Waals surface area contributed by atoms with Gasteiger partial charge in [0.05, 0.1) is 5.25 Å². The third-order valence-electron chi connectivity index (χ3n) is 2.95. The summed E-state index contributed by atoms with van der Waals surface area (Å²) in [6, 6.07) is 9.62. The molecular weight excluding hydrogens is 224 g/mol. The van der Waals surface area contributed by atoms with E-state index in [-0.39, 0.29) is 6.54 Å². The number of hydrogen-bond donors (Lipinski definition) is 1.